The molecule has 0 saturated carbocycles. The summed E-state index contributed by atoms with van der Waals surface area (Å²) in [4.78, 5) is 0. The van der Waals surface area contributed by atoms with E-state index in [9.17, 15) is 0 Å². The van der Waals surface area contributed by atoms with Gasteiger partial charge < -0.3 is 0 Å². The largest absolute Gasteiger partial charge is 0.0853 e. The van der Waals surface area contributed by atoms with Crippen molar-refractivity contribution in [3.8, 4) is 0 Å². The number of allylic oxidation sites excluding steroid dienone is 2. The van der Waals surface area contributed by atoms with Crippen molar-refractivity contribution in [2.24, 2.45) is 11.3 Å². The average Bonchev–Trinajstić information content (AvgIpc) is 2.38. The highest BCUT2D eigenvalue weighted by atomic mass is 14.3. The van der Waals surface area contributed by atoms with E-state index in [4.69, 9.17) is 0 Å². The minimum absolute atomic E-state index is 0.483. The molecule has 1 rings (SSSR count). The Kier molecular flexibility index (Phi) is 4.59. The van der Waals surface area contributed by atoms with Crippen LogP contribution in [0.25, 0.3) is 0 Å². The lowest BCUT2D eigenvalue weighted by Crippen LogP contribution is -2.18. The molecule has 0 bridgehead atoms. The Hall–Kier alpha value is -0.260. The Morgan fingerprint density at radius 1 is 1.25 bits per heavy atom. The number of hydrogen-bond donors (Lipinski definition) is 0. The van der Waals surface area contributed by atoms with Crippen LogP contribution in [0.2, 0.25) is 0 Å². The Balaban J connectivity index is 0.000000561. The average molecular weight is 168 g/mol. The first kappa shape index (κ1) is 11.7. The fraction of sp³-hybridized carbons (Fsp3) is 0.833. The molecule has 0 heterocycles. The zero-order valence-electron chi connectivity index (χ0n) is 9.57. The van der Waals surface area contributed by atoms with E-state index >= 15 is 0 Å². The van der Waals surface area contributed by atoms with Crippen molar-refractivity contribution >= 4 is 0 Å². The minimum atomic E-state index is 0.483. The van der Waals surface area contributed by atoms with Gasteiger partial charge in [-0.05, 0) is 31.1 Å². The molecule has 0 aromatic rings. The third-order valence-corrected chi connectivity index (χ3v) is 2.52. The van der Waals surface area contributed by atoms with Crippen molar-refractivity contribution in [1.82, 2.24) is 0 Å². The second kappa shape index (κ2) is 4.69. The third-order valence-electron chi connectivity index (χ3n) is 2.52. The molecule has 1 aliphatic rings. The summed E-state index contributed by atoms with van der Waals surface area (Å²) in [5.41, 5.74) is 2.09. The lowest BCUT2D eigenvalue weighted by Gasteiger charge is -2.28. The van der Waals surface area contributed by atoms with Crippen LogP contribution in [-0.2, 0) is 0 Å². The summed E-state index contributed by atoms with van der Waals surface area (Å²) in [5, 5.41) is 0. The molecule has 72 valence electrons. The van der Waals surface area contributed by atoms with E-state index in [0.717, 1.165) is 5.92 Å². The number of rotatable bonds is 0. The summed E-state index contributed by atoms with van der Waals surface area (Å²) in [5.74, 6) is 0.840. The smallest absolute Gasteiger partial charge is 0.0154 e. The maximum Gasteiger partial charge on any atom is -0.0154 e. The summed E-state index contributed by atoms with van der Waals surface area (Å²) in [6.45, 7) is 13.3. The predicted molar refractivity (Wildman–Crippen MR) is 57.3 cm³/mol. The van der Waals surface area contributed by atoms with Gasteiger partial charge in [0.2, 0.25) is 0 Å². The Bertz CT molecular complexity index is 146. The maximum atomic E-state index is 2.38. The Labute approximate surface area is 78.1 Å². The van der Waals surface area contributed by atoms with Gasteiger partial charge in [0.1, 0.15) is 0 Å². The first-order valence-corrected chi connectivity index (χ1v) is 5.18. The highest BCUT2D eigenvalue weighted by molar-refractivity contribution is 5.12. The molecule has 0 fully saturated rings. The van der Waals surface area contributed by atoms with Gasteiger partial charge in [-0.3, -0.25) is 0 Å². The molecule has 0 aliphatic heterocycles. The molecule has 1 atom stereocenters. The molecule has 0 aromatic heterocycles. The molecular formula is C12H24. The first-order chi connectivity index (χ1) is 5.52. The van der Waals surface area contributed by atoms with Crippen LogP contribution in [0.1, 0.15) is 54.4 Å². The van der Waals surface area contributed by atoms with Gasteiger partial charge in [-0.15, -0.1) is 0 Å². The van der Waals surface area contributed by atoms with E-state index in [1.807, 2.05) is 13.8 Å². The molecular weight excluding hydrogens is 144 g/mol. The third kappa shape index (κ3) is 3.00. The van der Waals surface area contributed by atoms with Gasteiger partial charge in [0.15, 0.2) is 0 Å². The summed E-state index contributed by atoms with van der Waals surface area (Å²) >= 11 is 0. The summed E-state index contributed by atoms with van der Waals surface area (Å²) in [7, 11) is 0. The summed E-state index contributed by atoms with van der Waals surface area (Å²) in [6.07, 6.45) is 5.05. The number of hydrogen-bond acceptors (Lipinski definition) is 0. The van der Waals surface area contributed by atoms with Gasteiger partial charge in [-0.1, -0.05) is 46.3 Å². The van der Waals surface area contributed by atoms with E-state index in [0.29, 0.717) is 5.41 Å². The second-order valence-electron chi connectivity index (χ2n) is 4.44. The lowest BCUT2D eigenvalue weighted by molar-refractivity contribution is 0.278. The molecule has 0 N–H and O–H groups in total. The minimum Gasteiger partial charge on any atom is -0.0853 e. The van der Waals surface area contributed by atoms with Crippen LogP contribution in [0.15, 0.2) is 11.6 Å². The molecule has 0 heteroatoms. The zero-order valence-corrected chi connectivity index (χ0v) is 9.57. The van der Waals surface area contributed by atoms with Gasteiger partial charge in [0.25, 0.3) is 0 Å². The molecule has 12 heavy (non-hydrogen) atoms. The zero-order chi connectivity index (χ0) is 9.78. The summed E-state index contributed by atoms with van der Waals surface area (Å²) in [6, 6.07) is 0. The lowest BCUT2D eigenvalue weighted by atomic mass is 9.77. The van der Waals surface area contributed by atoms with Crippen molar-refractivity contribution in [2.45, 2.75) is 54.4 Å². The van der Waals surface area contributed by atoms with Crippen LogP contribution in [-0.4, -0.2) is 0 Å². The molecule has 1 aliphatic carbocycles. The van der Waals surface area contributed by atoms with E-state index in [-0.39, 0.29) is 0 Å². The van der Waals surface area contributed by atoms with E-state index < -0.39 is 0 Å². The van der Waals surface area contributed by atoms with Crippen molar-refractivity contribution in [3.63, 3.8) is 0 Å². The highest BCUT2D eigenvalue weighted by Gasteiger charge is 2.27. The van der Waals surface area contributed by atoms with E-state index in [2.05, 4.69) is 33.8 Å². The molecule has 0 radical (unpaired) electrons. The summed E-state index contributed by atoms with van der Waals surface area (Å²) < 4.78 is 0. The van der Waals surface area contributed by atoms with Crippen LogP contribution < -0.4 is 0 Å². The highest BCUT2D eigenvalue weighted by Crippen LogP contribution is 2.39. The molecule has 0 amide bonds. The van der Waals surface area contributed by atoms with E-state index in [1.165, 1.54) is 12.8 Å². The SMILES string of the molecule is CC.CC1=CCC[C@H]1C(C)(C)C. The normalized spacial score (nSPS) is 22.8. The molecule has 0 saturated heterocycles. The molecule has 0 nitrogen and oxygen atoms in total. The maximum absolute atomic E-state index is 2.38. The fourth-order valence-corrected chi connectivity index (χ4v) is 1.96. The monoisotopic (exact) mass is 168 g/mol. The van der Waals surface area contributed by atoms with Gasteiger partial charge in [0, 0.05) is 0 Å². The van der Waals surface area contributed by atoms with Crippen molar-refractivity contribution in [3.05, 3.63) is 11.6 Å². The Morgan fingerprint density at radius 3 is 1.92 bits per heavy atom. The molecule has 0 unspecified atom stereocenters. The van der Waals surface area contributed by atoms with Crippen molar-refractivity contribution in [2.75, 3.05) is 0 Å². The Morgan fingerprint density at radius 2 is 1.75 bits per heavy atom. The fourth-order valence-electron chi connectivity index (χ4n) is 1.96. The van der Waals surface area contributed by atoms with Gasteiger partial charge in [0.05, 0.1) is 0 Å². The van der Waals surface area contributed by atoms with E-state index in [1.54, 1.807) is 5.57 Å². The topological polar surface area (TPSA) is 0 Å². The molecule has 0 spiro atoms. The van der Waals surface area contributed by atoms with Gasteiger partial charge in [-0.2, -0.15) is 0 Å². The van der Waals surface area contributed by atoms with Gasteiger partial charge >= 0.3 is 0 Å². The standard InChI is InChI=1S/C10H18.C2H6/c1-8-6-5-7-9(8)10(2,3)4;1-2/h6,9H,5,7H2,1-4H3;1-2H3/t9-;/m1./s1. The van der Waals surface area contributed by atoms with Crippen LogP contribution >= 0.6 is 0 Å². The van der Waals surface area contributed by atoms with Gasteiger partial charge in [-0.25, -0.2) is 0 Å². The molecule has 0 aromatic carbocycles. The van der Waals surface area contributed by atoms with Crippen LogP contribution in [0, 0.1) is 11.3 Å². The van der Waals surface area contributed by atoms with Crippen molar-refractivity contribution < 1.29 is 0 Å². The first-order valence-electron chi connectivity index (χ1n) is 5.18. The van der Waals surface area contributed by atoms with Crippen LogP contribution in [0.4, 0.5) is 0 Å². The second-order valence-corrected chi connectivity index (χ2v) is 4.44. The quantitative estimate of drug-likeness (QED) is 0.470. The van der Waals surface area contributed by atoms with Crippen molar-refractivity contribution in [1.29, 1.82) is 0 Å². The van der Waals surface area contributed by atoms with Crippen LogP contribution in [0.3, 0.4) is 0 Å². The predicted octanol–water partition coefficient (Wildman–Crippen LogP) is 4.42. The van der Waals surface area contributed by atoms with Crippen LogP contribution in [0.5, 0.6) is 0 Å².